The summed E-state index contributed by atoms with van der Waals surface area (Å²) in [7, 11) is 0. The summed E-state index contributed by atoms with van der Waals surface area (Å²) in [6, 6.07) is 0. The zero-order valence-electron chi connectivity index (χ0n) is 6.92. The van der Waals surface area contributed by atoms with Crippen LogP contribution in [0.2, 0.25) is 0 Å². The molecule has 0 heterocycles. The summed E-state index contributed by atoms with van der Waals surface area (Å²) in [6.07, 6.45) is -3.16. The maximum Gasteiger partial charge on any atom is 0.338 e. The number of hydrogen-bond donors (Lipinski definition) is 5. The standard InChI is InChI=1S/C7H13NO5/c8-2-3-1-7(13,6(11)12)5(10)4(3)9/h3-5,9-10,13H,1-2,8H2,(H,11,12)/t3-,4+,5-,7+/m0/s1. The van der Waals surface area contributed by atoms with Crippen LogP contribution in [0.25, 0.3) is 0 Å². The van der Waals surface area contributed by atoms with E-state index in [-0.39, 0.29) is 13.0 Å². The van der Waals surface area contributed by atoms with Crippen molar-refractivity contribution in [3.05, 3.63) is 0 Å². The van der Waals surface area contributed by atoms with E-state index in [1.54, 1.807) is 0 Å². The van der Waals surface area contributed by atoms with Crippen molar-refractivity contribution < 1.29 is 25.2 Å². The molecule has 1 aliphatic rings. The number of carboxylic acid groups (broad SMARTS) is 1. The molecule has 1 saturated carbocycles. The van der Waals surface area contributed by atoms with Gasteiger partial charge in [-0.15, -0.1) is 0 Å². The predicted molar refractivity (Wildman–Crippen MR) is 41.8 cm³/mol. The normalized spacial score (nSPS) is 45.1. The van der Waals surface area contributed by atoms with Crippen molar-refractivity contribution >= 4 is 5.97 Å². The smallest absolute Gasteiger partial charge is 0.338 e. The average molecular weight is 191 g/mol. The van der Waals surface area contributed by atoms with Crippen LogP contribution in [0.4, 0.5) is 0 Å². The molecule has 13 heavy (non-hydrogen) atoms. The van der Waals surface area contributed by atoms with Gasteiger partial charge in [0.05, 0.1) is 6.10 Å². The van der Waals surface area contributed by atoms with Crippen LogP contribution < -0.4 is 5.73 Å². The fourth-order valence-electron chi connectivity index (χ4n) is 1.62. The maximum atomic E-state index is 10.6. The monoisotopic (exact) mass is 191 g/mol. The second-order valence-corrected chi connectivity index (χ2v) is 3.36. The van der Waals surface area contributed by atoms with Crippen LogP contribution >= 0.6 is 0 Å². The van der Waals surface area contributed by atoms with Gasteiger partial charge in [-0.1, -0.05) is 0 Å². The molecule has 0 aromatic carbocycles. The molecule has 0 aromatic rings. The minimum absolute atomic E-state index is 0.0355. The van der Waals surface area contributed by atoms with E-state index in [0.29, 0.717) is 0 Å². The average Bonchev–Trinajstić information content (AvgIpc) is 2.31. The number of aliphatic carboxylic acids is 1. The summed E-state index contributed by atoms with van der Waals surface area (Å²) in [4.78, 5) is 10.6. The van der Waals surface area contributed by atoms with E-state index >= 15 is 0 Å². The first-order valence-corrected chi connectivity index (χ1v) is 3.95. The van der Waals surface area contributed by atoms with Gasteiger partial charge >= 0.3 is 5.97 Å². The Morgan fingerprint density at radius 2 is 2.08 bits per heavy atom. The first kappa shape index (κ1) is 10.4. The van der Waals surface area contributed by atoms with E-state index in [1.807, 2.05) is 0 Å². The van der Waals surface area contributed by atoms with Crippen molar-refractivity contribution in [2.75, 3.05) is 6.54 Å². The molecule has 6 nitrogen and oxygen atoms in total. The molecule has 0 saturated heterocycles. The molecule has 0 amide bonds. The van der Waals surface area contributed by atoms with Crippen molar-refractivity contribution in [2.45, 2.75) is 24.2 Å². The molecular formula is C7H13NO5. The number of aliphatic hydroxyl groups excluding tert-OH is 2. The van der Waals surface area contributed by atoms with Gasteiger partial charge in [-0.05, 0) is 13.0 Å². The topological polar surface area (TPSA) is 124 Å². The Labute approximate surface area is 74.6 Å². The molecule has 1 aliphatic carbocycles. The Morgan fingerprint density at radius 3 is 2.31 bits per heavy atom. The van der Waals surface area contributed by atoms with Crippen molar-refractivity contribution in [2.24, 2.45) is 11.7 Å². The third-order valence-electron chi connectivity index (χ3n) is 2.54. The molecule has 4 atom stereocenters. The molecule has 0 radical (unpaired) electrons. The molecule has 0 spiro atoms. The van der Waals surface area contributed by atoms with E-state index in [1.165, 1.54) is 0 Å². The molecule has 1 rings (SSSR count). The first-order chi connectivity index (χ1) is 5.93. The van der Waals surface area contributed by atoms with E-state index in [0.717, 1.165) is 0 Å². The molecule has 6 heteroatoms. The van der Waals surface area contributed by atoms with Crippen molar-refractivity contribution in [1.82, 2.24) is 0 Å². The highest BCUT2D eigenvalue weighted by Gasteiger charge is 2.56. The quantitative estimate of drug-likeness (QED) is 0.329. The fraction of sp³-hybridized carbons (Fsp3) is 0.857. The lowest BCUT2D eigenvalue weighted by Gasteiger charge is -2.21. The van der Waals surface area contributed by atoms with Crippen LogP contribution in [0.1, 0.15) is 6.42 Å². The molecule has 0 aliphatic heterocycles. The Hall–Kier alpha value is -0.690. The van der Waals surface area contributed by atoms with Gasteiger partial charge in [-0.3, -0.25) is 0 Å². The van der Waals surface area contributed by atoms with Crippen LogP contribution in [0.3, 0.4) is 0 Å². The summed E-state index contributed by atoms with van der Waals surface area (Å²) in [5.74, 6) is -2.11. The summed E-state index contributed by atoms with van der Waals surface area (Å²) in [5, 5.41) is 36.6. The van der Waals surface area contributed by atoms with Gasteiger partial charge in [-0.25, -0.2) is 4.79 Å². The second kappa shape index (κ2) is 3.22. The second-order valence-electron chi connectivity index (χ2n) is 3.36. The molecule has 0 unspecified atom stereocenters. The maximum absolute atomic E-state index is 10.6. The molecule has 0 aromatic heterocycles. The van der Waals surface area contributed by atoms with Gasteiger partial charge < -0.3 is 26.2 Å². The Balaban J connectivity index is 2.87. The fourth-order valence-corrected chi connectivity index (χ4v) is 1.62. The SMILES string of the molecule is NC[C@@H]1C[C@](O)(C(=O)O)[C@@H](O)[C@@H]1O. The van der Waals surface area contributed by atoms with E-state index < -0.39 is 29.7 Å². The van der Waals surface area contributed by atoms with Crippen molar-refractivity contribution in [3.63, 3.8) is 0 Å². The third kappa shape index (κ3) is 1.42. The summed E-state index contributed by atoms with van der Waals surface area (Å²) >= 11 is 0. The first-order valence-electron chi connectivity index (χ1n) is 3.95. The van der Waals surface area contributed by atoms with E-state index in [2.05, 4.69) is 0 Å². The minimum Gasteiger partial charge on any atom is -0.479 e. The van der Waals surface area contributed by atoms with Gasteiger partial charge in [-0.2, -0.15) is 0 Å². The van der Waals surface area contributed by atoms with Crippen LogP contribution in [0.15, 0.2) is 0 Å². The van der Waals surface area contributed by atoms with Gasteiger partial charge in [0.15, 0.2) is 5.60 Å². The molecule has 1 fully saturated rings. The zero-order chi connectivity index (χ0) is 10.2. The van der Waals surface area contributed by atoms with E-state index in [9.17, 15) is 20.1 Å². The Morgan fingerprint density at radius 1 is 1.54 bits per heavy atom. The van der Waals surface area contributed by atoms with E-state index in [4.69, 9.17) is 10.8 Å². The van der Waals surface area contributed by atoms with Crippen molar-refractivity contribution in [1.29, 1.82) is 0 Å². The minimum atomic E-state index is -2.26. The molecular weight excluding hydrogens is 178 g/mol. The van der Waals surface area contributed by atoms with Crippen LogP contribution in [-0.4, -0.2) is 50.7 Å². The predicted octanol–water partition coefficient (Wildman–Crippen LogP) is -2.50. The molecule has 6 N–H and O–H groups in total. The summed E-state index contributed by atoms with van der Waals surface area (Å²) < 4.78 is 0. The van der Waals surface area contributed by atoms with Gasteiger partial charge in [0.1, 0.15) is 6.10 Å². The molecule has 76 valence electrons. The summed E-state index contributed by atoms with van der Waals surface area (Å²) in [5.41, 5.74) is 2.97. The highest BCUT2D eigenvalue weighted by Crippen LogP contribution is 2.34. The zero-order valence-corrected chi connectivity index (χ0v) is 6.92. The van der Waals surface area contributed by atoms with Crippen molar-refractivity contribution in [3.8, 4) is 0 Å². The third-order valence-corrected chi connectivity index (χ3v) is 2.54. The van der Waals surface area contributed by atoms with Crippen LogP contribution in [0, 0.1) is 5.92 Å². The largest absolute Gasteiger partial charge is 0.479 e. The molecule has 0 bridgehead atoms. The number of rotatable bonds is 2. The van der Waals surface area contributed by atoms with Gasteiger partial charge in [0.25, 0.3) is 0 Å². The number of carboxylic acids is 1. The Kier molecular flexibility index (Phi) is 2.58. The number of nitrogens with two attached hydrogens (primary N) is 1. The lowest BCUT2D eigenvalue weighted by molar-refractivity contribution is -0.171. The van der Waals surface area contributed by atoms with Crippen LogP contribution in [0.5, 0.6) is 0 Å². The number of carbonyl (C=O) groups is 1. The van der Waals surface area contributed by atoms with Crippen LogP contribution in [-0.2, 0) is 4.79 Å². The number of aliphatic hydroxyl groups is 3. The van der Waals surface area contributed by atoms with Gasteiger partial charge in [0.2, 0.25) is 0 Å². The van der Waals surface area contributed by atoms with Gasteiger partial charge in [0, 0.05) is 5.92 Å². The highest BCUT2D eigenvalue weighted by atomic mass is 16.4. The highest BCUT2D eigenvalue weighted by molar-refractivity contribution is 5.78. The Bertz CT molecular complexity index is 221. The number of hydrogen-bond acceptors (Lipinski definition) is 5. The summed E-state index contributed by atoms with van der Waals surface area (Å²) in [6.45, 7) is 0.0355. The lowest BCUT2D eigenvalue weighted by atomic mass is 9.99. The lowest BCUT2D eigenvalue weighted by Crippen LogP contribution is -2.48.